The lowest BCUT2D eigenvalue weighted by Crippen LogP contribution is -2.04. The van der Waals surface area contributed by atoms with E-state index in [-0.39, 0.29) is 5.91 Å². The number of aromatic nitrogens is 2. The van der Waals surface area contributed by atoms with Crippen LogP contribution in [0.1, 0.15) is 11.3 Å². The summed E-state index contributed by atoms with van der Waals surface area (Å²) in [6.45, 7) is 0. The molecule has 5 rings (SSSR count). The normalized spacial score (nSPS) is 14.3. The second kappa shape index (κ2) is 6.79. The average Bonchev–Trinajstić information content (AvgIpc) is 3.26. The number of carbonyl (C=O) groups excluding carboxylic acids is 1. The summed E-state index contributed by atoms with van der Waals surface area (Å²) in [5, 5.41) is 3.58. The quantitative estimate of drug-likeness (QED) is 0.482. The molecule has 0 unspecified atom stereocenters. The zero-order valence-electron chi connectivity index (χ0n) is 15.5. The second-order valence-electron chi connectivity index (χ2n) is 6.71. The number of hydrogen-bond acceptors (Lipinski definition) is 3. The Bertz CT molecular complexity index is 1290. The lowest BCUT2D eigenvalue weighted by molar-refractivity contribution is -0.110. The van der Waals surface area contributed by atoms with Gasteiger partial charge in [-0.25, -0.2) is 4.98 Å². The van der Waals surface area contributed by atoms with Gasteiger partial charge in [0.2, 0.25) is 0 Å². The number of benzene rings is 2. The van der Waals surface area contributed by atoms with Crippen LogP contribution >= 0.6 is 11.6 Å². The van der Waals surface area contributed by atoms with Crippen LogP contribution in [-0.4, -0.2) is 22.4 Å². The highest BCUT2D eigenvalue weighted by molar-refractivity contribution is 6.35. The molecule has 0 saturated carbocycles. The van der Waals surface area contributed by atoms with Crippen molar-refractivity contribution in [2.75, 3.05) is 12.4 Å². The summed E-state index contributed by atoms with van der Waals surface area (Å²) in [5.74, 6) is 0.545. The fourth-order valence-electron chi connectivity index (χ4n) is 3.55. The summed E-state index contributed by atoms with van der Waals surface area (Å²) in [6.07, 6.45) is 3.82. The SMILES string of the molecule is COc1ccc2c(c1)/C(=C\c1c(-c3ccc(Cl)cc3)nc3ccccn13)C(=O)N2. The van der Waals surface area contributed by atoms with E-state index in [0.29, 0.717) is 16.3 Å². The summed E-state index contributed by atoms with van der Waals surface area (Å²) in [6, 6.07) is 18.9. The van der Waals surface area contributed by atoms with Crippen molar-refractivity contribution < 1.29 is 9.53 Å². The fraction of sp³-hybridized carbons (Fsp3) is 0.0435. The van der Waals surface area contributed by atoms with Gasteiger partial charge in [-0.2, -0.15) is 0 Å². The number of rotatable bonds is 3. The van der Waals surface area contributed by atoms with Crippen molar-refractivity contribution in [3.8, 4) is 17.0 Å². The van der Waals surface area contributed by atoms with Crippen LogP contribution in [-0.2, 0) is 4.79 Å². The number of ether oxygens (including phenoxy) is 1. The van der Waals surface area contributed by atoms with E-state index in [0.717, 1.165) is 33.8 Å². The molecule has 4 aromatic rings. The second-order valence-corrected chi connectivity index (χ2v) is 7.14. The number of nitrogens with zero attached hydrogens (tertiary/aromatic N) is 2. The summed E-state index contributed by atoms with van der Waals surface area (Å²) in [4.78, 5) is 17.5. The predicted octanol–water partition coefficient (Wildman–Crippen LogP) is 5.16. The number of methoxy groups -OCH3 is 1. The van der Waals surface area contributed by atoms with E-state index in [1.165, 1.54) is 0 Å². The molecule has 0 saturated heterocycles. The maximum atomic E-state index is 12.7. The van der Waals surface area contributed by atoms with Crippen LogP contribution in [0.4, 0.5) is 5.69 Å². The number of halogens is 1. The molecule has 0 aliphatic carbocycles. The molecular formula is C23H16ClN3O2. The first kappa shape index (κ1) is 17.5. The minimum atomic E-state index is -0.152. The third kappa shape index (κ3) is 2.96. The molecular weight excluding hydrogens is 386 g/mol. The van der Waals surface area contributed by atoms with E-state index in [9.17, 15) is 4.79 Å². The van der Waals surface area contributed by atoms with Gasteiger partial charge in [0.15, 0.2) is 0 Å². The Kier molecular flexibility index (Phi) is 4.11. The van der Waals surface area contributed by atoms with E-state index >= 15 is 0 Å². The van der Waals surface area contributed by atoms with Crippen molar-refractivity contribution >= 4 is 40.5 Å². The first-order valence-electron chi connectivity index (χ1n) is 9.08. The number of anilines is 1. The number of imidazole rings is 1. The molecule has 2 aromatic heterocycles. The topological polar surface area (TPSA) is 55.6 Å². The Labute approximate surface area is 172 Å². The summed E-state index contributed by atoms with van der Waals surface area (Å²) in [7, 11) is 1.61. The van der Waals surface area contributed by atoms with Gasteiger partial charge in [-0.3, -0.25) is 9.20 Å². The van der Waals surface area contributed by atoms with Crippen LogP contribution in [0.5, 0.6) is 5.75 Å². The number of carbonyl (C=O) groups is 1. The molecule has 6 heteroatoms. The van der Waals surface area contributed by atoms with Gasteiger partial charge in [0.1, 0.15) is 11.4 Å². The lowest BCUT2D eigenvalue weighted by Gasteiger charge is -2.05. The zero-order chi connectivity index (χ0) is 20.0. The molecule has 1 aliphatic rings. The van der Waals surface area contributed by atoms with Crippen molar-refractivity contribution in [2.24, 2.45) is 0 Å². The van der Waals surface area contributed by atoms with Crippen LogP contribution in [0.15, 0.2) is 66.9 Å². The predicted molar refractivity (Wildman–Crippen MR) is 115 cm³/mol. The third-order valence-corrected chi connectivity index (χ3v) is 5.23. The van der Waals surface area contributed by atoms with Crippen molar-refractivity contribution in [1.29, 1.82) is 0 Å². The van der Waals surface area contributed by atoms with Gasteiger partial charge in [-0.15, -0.1) is 0 Å². The van der Waals surface area contributed by atoms with E-state index in [1.807, 2.05) is 77.3 Å². The highest BCUT2D eigenvalue weighted by atomic mass is 35.5. The van der Waals surface area contributed by atoms with Crippen molar-refractivity contribution in [3.05, 3.63) is 83.1 Å². The van der Waals surface area contributed by atoms with Gasteiger partial charge in [0.25, 0.3) is 5.91 Å². The number of nitrogens with one attached hydrogen (secondary N) is 1. The van der Waals surface area contributed by atoms with Crippen LogP contribution in [0.3, 0.4) is 0 Å². The Morgan fingerprint density at radius 2 is 1.93 bits per heavy atom. The van der Waals surface area contributed by atoms with Crippen LogP contribution in [0, 0.1) is 0 Å². The van der Waals surface area contributed by atoms with Gasteiger partial charge in [-0.05, 0) is 48.5 Å². The maximum absolute atomic E-state index is 12.7. The van der Waals surface area contributed by atoms with Crippen molar-refractivity contribution in [3.63, 3.8) is 0 Å². The number of fused-ring (bicyclic) bond motifs is 2. The summed E-state index contributed by atoms with van der Waals surface area (Å²) < 4.78 is 7.31. The number of hydrogen-bond donors (Lipinski definition) is 1. The van der Waals surface area contributed by atoms with Gasteiger partial charge in [0.05, 0.1) is 24.1 Å². The lowest BCUT2D eigenvalue weighted by atomic mass is 10.0. The van der Waals surface area contributed by atoms with Crippen LogP contribution < -0.4 is 10.1 Å². The summed E-state index contributed by atoms with van der Waals surface area (Å²) >= 11 is 6.06. The molecule has 1 aliphatic heterocycles. The standard InChI is InChI=1S/C23H16ClN3O2/c1-29-16-9-10-19-17(12-16)18(23(28)25-19)13-20-22(14-5-7-15(24)8-6-14)26-21-4-2-3-11-27(20)21/h2-13H,1H3,(H,25,28)/b18-13+. The minimum absolute atomic E-state index is 0.152. The van der Waals surface area contributed by atoms with Crippen molar-refractivity contribution in [2.45, 2.75) is 0 Å². The smallest absolute Gasteiger partial charge is 0.256 e. The van der Waals surface area contributed by atoms with E-state index in [4.69, 9.17) is 21.3 Å². The molecule has 0 atom stereocenters. The van der Waals surface area contributed by atoms with E-state index < -0.39 is 0 Å². The Morgan fingerprint density at radius 1 is 1.10 bits per heavy atom. The molecule has 3 heterocycles. The van der Waals surface area contributed by atoms with Gasteiger partial charge in [0, 0.05) is 28.0 Å². The molecule has 0 fully saturated rings. The molecule has 1 N–H and O–H groups in total. The van der Waals surface area contributed by atoms with Gasteiger partial charge in [-0.1, -0.05) is 29.8 Å². The van der Waals surface area contributed by atoms with Crippen LogP contribution in [0.25, 0.3) is 28.6 Å². The first-order chi connectivity index (χ1) is 14.1. The number of amides is 1. The molecule has 142 valence electrons. The molecule has 0 bridgehead atoms. The largest absolute Gasteiger partial charge is 0.497 e. The molecule has 0 radical (unpaired) electrons. The Balaban J connectivity index is 1.75. The summed E-state index contributed by atoms with van der Waals surface area (Å²) in [5.41, 5.74) is 5.47. The third-order valence-electron chi connectivity index (χ3n) is 4.98. The molecule has 1 amide bonds. The van der Waals surface area contributed by atoms with E-state index in [2.05, 4.69) is 5.32 Å². The monoisotopic (exact) mass is 401 g/mol. The van der Waals surface area contributed by atoms with E-state index in [1.54, 1.807) is 7.11 Å². The molecule has 29 heavy (non-hydrogen) atoms. The molecule has 0 spiro atoms. The Hall–Kier alpha value is -3.57. The van der Waals surface area contributed by atoms with Gasteiger partial charge < -0.3 is 10.1 Å². The zero-order valence-corrected chi connectivity index (χ0v) is 16.3. The number of pyridine rings is 1. The highest BCUT2D eigenvalue weighted by Gasteiger charge is 2.26. The van der Waals surface area contributed by atoms with Gasteiger partial charge >= 0.3 is 0 Å². The minimum Gasteiger partial charge on any atom is -0.497 e. The maximum Gasteiger partial charge on any atom is 0.256 e. The highest BCUT2D eigenvalue weighted by Crippen LogP contribution is 2.37. The van der Waals surface area contributed by atoms with Crippen molar-refractivity contribution in [1.82, 2.24) is 9.38 Å². The average molecular weight is 402 g/mol. The first-order valence-corrected chi connectivity index (χ1v) is 9.46. The molecule has 5 nitrogen and oxygen atoms in total. The Morgan fingerprint density at radius 3 is 2.72 bits per heavy atom. The fourth-order valence-corrected chi connectivity index (χ4v) is 3.67. The molecule has 2 aromatic carbocycles. The van der Waals surface area contributed by atoms with Crippen LogP contribution in [0.2, 0.25) is 5.02 Å².